The highest BCUT2D eigenvalue weighted by molar-refractivity contribution is 5.47. The fourth-order valence-corrected chi connectivity index (χ4v) is 2.14. The van der Waals surface area contributed by atoms with E-state index in [9.17, 15) is 4.39 Å². The average Bonchev–Trinajstić information content (AvgIpc) is 2.25. The SMILES string of the molecule is COc1ccc(OC)c(C2(N)CCC2)c1F. The summed E-state index contributed by atoms with van der Waals surface area (Å²) in [4.78, 5) is 0. The lowest BCUT2D eigenvalue weighted by Gasteiger charge is -2.39. The number of methoxy groups -OCH3 is 2. The van der Waals surface area contributed by atoms with Crippen molar-refractivity contribution in [1.82, 2.24) is 0 Å². The zero-order chi connectivity index (χ0) is 11.8. The number of hydrogen-bond donors (Lipinski definition) is 1. The fraction of sp³-hybridized carbons (Fsp3) is 0.500. The molecule has 2 N–H and O–H groups in total. The summed E-state index contributed by atoms with van der Waals surface area (Å²) in [6, 6.07) is 3.25. The molecular weight excluding hydrogens is 209 g/mol. The fourth-order valence-electron chi connectivity index (χ4n) is 2.14. The van der Waals surface area contributed by atoms with Gasteiger partial charge in [-0.25, -0.2) is 4.39 Å². The Morgan fingerprint density at radius 2 is 1.75 bits per heavy atom. The number of hydrogen-bond acceptors (Lipinski definition) is 3. The molecule has 3 nitrogen and oxygen atoms in total. The van der Waals surface area contributed by atoms with Gasteiger partial charge >= 0.3 is 0 Å². The summed E-state index contributed by atoms with van der Waals surface area (Å²) < 4.78 is 24.3. The normalized spacial score (nSPS) is 17.8. The summed E-state index contributed by atoms with van der Waals surface area (Å²) in [5.74, 6) is 0.317. The Morgan fingerprint density at radius 3 is 2.19 bits per heavy atom. The maximum Gasteiger partial charge on any atom is 0.173 e. The van der Waals surface area contributed by atoms with Crippen LogP contribution >= 0.6 is 0 Å². The van der Waals surface area contributed by atoms with Crippen LogP contribution in [-0.2, 0) is 5.54 Å². The van der Waals surface area contributed by atoms with E-state index in [1.807, 2.05) is 0 Å². The third kappa shape index (κ3) is 1.53. The van der Waals surface area contributed by atoms with Crippen molar-refractivity contribution in [2.24, 2.45) is 5.73 Å². The zero-order valence-corrected chi connectivity index (χ0v) is 9.55. The van der Waals surface area contributed by atoms with E-state index < -0.39 is 11.4 Å². The molecule has 1 aromatic carbocycles. The van der Waals surface area contributed by atoms with Crippen molar-refractivity contribution in [3.05, 3.63) is 23.5 Å². The second-order valence-electron chi connectivity index (χ2n) is 4.17. The second kappa shape index (κ2) is 3.94. The van der Waals surface area contributed by atoms with E-state index in [4.69, 9.17) is 15.2 Å². The monoisotopic (exact) mass is 225 g/mol. The number of halogens is 1. The topological polar surface area (TPSA) is 44.5 Å². The van der Waals surface area contributed by atoms with E-state index in [1.165, 1.54) is 14.2 Å². The second-order valence-corrected chi connectivity index (χ2v) is 4.17. The van der Waals surface area contributed by atoms with Crippen molar-refractivity contribution >= 4 is 0 Å². The molecule has 0 amide bonds. The first kappa shape index (κ1) is 11.2. The Bertz CT molecular complexity index is 402. The Morgan fingerprint density at radius 1 is 1.19 bits per heavy atom. The molecule has 0 bridgehead atoms. The molecule has 1 fully saturated rings. The van der Waals surface area contributed by atoms with E-state index in [-0.39, 0.29) is 5.75 Å². The van der Waals surface area contributed by atoms with Gasteiger partial charge in [-0.1, -0.05) is 0 Å². The first-order valence-electron chi connectivity index (χ1n) is 5.32. The Hall–Kier alpha value is -1.29. The van der Waals surface area contributed by atoms with Gasteiger partial charge in [0.1, 0.15) is 5.75 Å². The van der Waals surface area contributed by atoms with Crippen LogP contribution in [0.1, 0.15) is 24.8 Å². The van der Waals surface area contributed by atoms with Crippen LogP contribution in [0.5, 0.6) is 11.5 Å². The largest absolute Gasteiger partial charge is 0.496 e. The van der Waals surface area contributed by atoms with Crippen molar-refractivity contribution in [3.63, 3.8) is 0 Å². The number of rotatable bonds is 3. The summed E-state index contributed by atoms with van der Waals surface area (Å²) in [6.45, 7) is 0. The van der Waals surface area contributed by atoms with Crippen LogP contribution in [0.2, 0.25) is 0 Å². The van der Waals surface area contributed by atoms with Crippen LogP contribution in [0.25, 0.3) is 0 Å². The summed E-state index contributed by atoms with van der Waals surface area (Å²) in [5, 5.41) is 0. The van der Waals surface area contributed by atoms with Gasteiger partial charge in [-0.15, -0.1) is 0 Å². The lowest BCUT2D eigenvalue weighted by molar-refractivity contribution is 0.231. The summed E-state index contributed by atoms with van der Waals surface area (Å²) >= 11 is 0. The van der Waals surface area contributed by atoms with Gasteiger partial charge in [-0.2, -0.15) is 0 Å². The van der Waals surface area contributed by atoms with E-state index in [0.717, 1.165) is 19.3 Å². The average molecular weight is 225 g/mol. The molecule has 16 heavy (non-hydrogen) atoms. The van der Waals surface area contributed by atoms with Crippen LogP contribution in [0.3, 0.4) is 0 Å². The van der Waals surface area contributed by atoms with Gasteiger partial charge in [0, 0.05) is 5.54 Å². The van der Waals surface area contributed by atoms with Crippen molar-refractivity contribution in [2.45, 2.75) is 24.8 Å². The maximum absolute atomic E-state index is 14.2. The van der Waals surface area contributed by atoms with Gasteiger partial charge in [0.15, 0.2) is 11.6 Å². The van der Waals surface area contributed by atoms with Crippen molar-refractivity contribution in [2.75, 3.05) is 14.2 Å². The van der Waals surface area contributed by atoms with Crippen LogP contribution in [-0.4, -0.2) is 14.2 Å². The van der Waals surface area contributed by atoms with E-state index >= 15 is 0 Å². The van der Waals surface area contributed by atoms with Crippen LogP contribution < -0.4 is 15.2 Å². The lowest BCUT2D eigenvalue weighted by Crippen LogP contribution is -2.44. The van der Waals surface area contributed by atoms with Gasteiger partial charge in [0.05, 0.1) is 19.8 Å². The molecule has 0 heterocycles. The minimum Gasteiger partial charge on any atom is -0.496 e. The summed E-state index contributed by atoms with van der Waals surface area (Å²) in [5.41, 5.74) is 6.00. The first-order chi connectivity index (χ1) is 7.62. The third-order valence-electron chi connectivity index (χ3n) is 3.25. The van der Waals surface area contributed by atoms with Crippen molar-refractivity contribution in [1.29, 1.82) is 0 Å². The van der Waals surface area contributed by atoms with E-state index in [1.54, 1.807) is 12.1 Å². The van der Waals surface area contributed by atoms with Gasteiger partial charge in [-0.3, -0.25) is 0 Å². The quantitative estimate of drug-likeness (QED) is 0.857. The minimum atomic E-state index is -0.593. The standard InChI is InChI=1S/C12H16FNO2/c1-15-8-4-5-9(16-2)11(13)10(8)12(14)6-3-7-12/h4-5H,3,6-7,14H2,1-2H3. The molecule has 0 aromatic heterocycles. The lowest BCUT2D eigenvalue weighted by atomic mass is 9.72. The maximum atomic E-state index is 14.2. The van der Waals surface area contributed by atoms with Gasteiger partial charge in [-0.05, 0) is 31.4 Å². The smallest absolute Gasteiger partial charge is 0.173 e. The Labute approximate surface area is 94.3 Å². The van der Waals surface area contributed by atoms with E-state index in [2.05, 4.69) is 0 Å². The van der Waals surface area contributed by atoms with Crippen molar-refractivity contribution < 1.29 is 13.9 Å². The molecular formula is C12H16FNO2. The number of nitrogens with two attached hydrogens (primary N) is 1. The highest BCUT2D eigenvalue weighted by Gasteiger charge is 2.40. The molecule has 0 saturated heterocycles. The predicted molar refractivity (Wildman–Crippen MR) is 59.2 cm³/mol. The van der Waals surface area contributed by atoms with Gasteiger partial charge in [0.2, 0.25) is 0 Å². The van der Waals surface area contributed by atoms with Crippen LogP contribution in [0.4, 0.5) is 4.39 Å². The molecule has 1 saturated carbocycles. The molecule has 0 radical (unpaired) electrons. The molecule has 0 unspecified atom stereocenters. The van der Waals surface area contributed by atoms with E-state index in [0.29, 0.717) is 11.3 Å². The van der Waals surface area contributed by atoms with Gasteiger partial charge in [0.25, 0.3) is 0 Å². The molecule has 0 spiro atoms. The summed E-state index contributed by atoms with van der Waals surface area (Å²) in [7, 11) is 2.96. The highest BCUT2D eigenvalue weighted by Crippen LogP contribution is 2.45. The molecule has 4 heteroatoms. The Balaban J connectivity index is 2.55. The first-order valence-corrected chi connectivity index (χ1v) is 5.32. The molecule has 1 aliphatic rings. The molecule has 0 aliphatic heterocycles. The zero-order valence-electron chi connectivity index (χ0n) is 9.55. The predicted octanol–water partition coefficient (Wildman–Crippen LogP) is 2.18. The molecule has 88 valence electrons. The molecule has 2 rings (SSSR count). The molecule has 1 aliphatic carbocycles. The van der Waals surface area contributed by atoms with Crippen molar-refractivity contribution in [3.8, 4) is 11.5 Å². The highest BCUT2D eigenvalue weighted by atomic mass is 19.1. The van der Waals surface area contributed by atoms with Gasteiger partial charge < -0.3 is 15.2 Å². The number of ether oxygens (including phenoxy) is 2. The minimum absolute atomic E-state index is 0.215. The van der Waals surface area contributed by atoms with Crippen LogP contribution in [0, 0.1) is 5.82 Å². The van der Waals surface area contributed by atoms with Crippen LogP contribution in [0.15, 0.2) is 12.1 Å². The third-order valence-corrected chi connectivity index (χ3v) is 3.25. The molecule has 1 aromatic rings. The Kier molecular flexibility index (Phi) is 2.76. The number of benzene rings is 1. The summed E-state index contributed by atoms with van der Waals surface area (Å²) in [6.07, 6.45) is 2.59. The molecule has 0 atom stereocenters.